The highest BCUT2D eigenvalue weighted by Gasteiger charge is 2.37. The SMILES string of the molecule is NC(=O)C1(CCCCC(=O)Cc2sc3c(c2-c2nc4cnccc4s2)CCNC3)CCOCC1. The molecule has 3 aromatic heterocycles. The molecule has 1 saturated heterocycles. The largest absolute Gasteiger partial charge is 0.381 e. The Bertz CT molecular complexity index is 1160. The van der Waals surface area contributed by atoms with Crippen molar-refractivity contribution in [1.29, 1.82) is 0 Å². The number of pyridine rings is 1. The number of hydrogen-bond donors (Lipinski definition) is 2. The molecular weight excluding hydrogens is 468 g/mol. The molecule has 5 rings (SSSR count). The van der Waals surface area contributed by atoms with Gasteiger partial charge in [-0.1, -0.05) is 6.42 Å². The normalized spacial score (nSPS) is 17.5. The minimum Gasteiger partial charge on any atom is -0.381 e. The second kappa shape index (κ2) is 10.2. The Morgan fingerprint density at radius 3 is 2.85 bits per heavy atom. The number of unbranched alkanes of at least 4 members (excludes halogenated alkanes) is 1. The molecule has 0 spiro atoms. The number of fused-ring (bicyclic) bond motifs is 2. The number of rotatable bonds is 9. The first-order valence-electron chi connectivity index (χ1n) is 12.0. The molecule has 5 heterocycles. The van der Waals surface area contributed by atoms with Crippen molar-refractivity contribution in [2.75, 3.05) is 19.8 Å². The van der Waals surface area contributed by atoms with Gasteiger partial charge in [0.15, 0.2) is 0 Å². The Hall–Kier alpha value is -2.20. The fraction of sp³-hybridized carbons (Fsp3) is 0.520. The molecule has 3 N–H and O–H groups in total. The summed E-state index contributed by atoms with van der Waals surface area (Å²) in [6.07, 6.45) is 9.25. The zero-order chi connectivity index (χ0) is 23.5. The van der Waals surface area contributed by atoms with E-state index in [2.05, 4.69) is 10.3 Å². The number of aromatic nitrogens is 2. The van der Waals surface area contributed by atoms with Crippen LogP contribution in [0.2, 0.25) is 0 Å². The van der Waals surface area contributed by atoms with Crippen LogP contribution in [0.15, 0.2) is 18.5 Å². The fourth-order valence-electron chi connectivity index (χ4n) is 5.09. The van der Waals surface area contributed by atoms with Crippen LogP contribution in [0.4, 0.5) is 0 Å². The molecule has 7 nitrogen and oxygen atoms in total. The summed E-state index contributed by atoms with van der Waals surface area (Å²) in [6.45, 7) is 2.98. The van der Waals surface area contributed by atoms with Crippen molar-refractivity contribution in [1.82, 2.24) is 15.3 Å². The van der Waals surface area contributed by atoms with Gasteiger partial charge in [-0.05, 0) is 50.3 Å². The van der Waals surface area contributed by atoms with Gasteiger partial charge < -0.3 is 15.8 Å². The zero-order valence-electron chi connectivity index (χ0n) is 19.2. The van der Waals surface area contributed by atoms with E-state index in [4.69, 9.17) is 15.5 Å². The summed E-state index contributed by atoms with van der Waals surface area (Å²) < 4.78 is 6.53. The Kier molecular flexibility index (Phi) is 7.06. The van der Waals surface area contributed by atoms with Gasteiger partial charge in [-0.15, -0.1) is 22.7 Å². The molecule has 0 unspecified atom stereocenters. The Labute approximate surface area is 207 Å². The van der Waals surface area contributed by atoms with E-state index < -0.39 is 5.41 Å². The van der Waals surface area contributed by atoms with Crippen molar-refractivity contribution in [2.45, 2.75) is 57.9 Å². The second-order valence-electron chi connectivity index (χ2n) is 9.27. The number of hydrogen-bond acceptors (Lipinski definition) is 8. The van der Waals surface area contributed by atoms with Crippen LogP contribution in [0.5, 0.6) is 0 Å². The highest BCUT2D eigenvalue weighted by molar-refractivity contribution is 7.22. The average Bonchev–Trinajstić information content (AvgIpc) is 3.43. The van der Waals surface area contributed by atoms with Crippen LogP contribution in [-0.2, 0) is 33.7 Å². The molecule has 2 aliphatic rings. The second-order valence-corrected chi connectivity index (χ2v) is 11.5. The van der Waals surface area contributed by atoms with Gasteiger partial charge in [-0.25, -0.2) is 4.98 Å². The molecule has 0 aliphatic carbocycles. The maximum Gasteiger partial charge on any atom is 0.223 e. The molecule has 180 valence electrons. The number of amides is 1. The number of nitrogens with zero attached hydrogens (tertiary/aromatic N) is 2. The first kappa shape index (κ1) is 23.5. The molecule has 34 heavy (non-hydrogen) atoms. The van der Waals surface area contributed by atoms with Crippen LogP contribution in [0, 0.1) is 5.41 Å². The predicted octanol–water partition coefficient (Wildman–Crippen LogP) is 4.02. The molecule has 1 fully saturated rings. The lowest BCUT2D eigenvalue weighted by Crippen LogP contribution is -2.41. The van der Waals surface area contributed by atoms with Crippen LogP contribution < -0.4 is 11.1 Å². The number of thiophene rings is 1. The standard InChI is InChI=1S/C25H30N4O3S2/c26-24(31)25(7-11-32-12-8-25)6-2-1-3-16(30)13-20-22(17-4-9-28-15-21(17)33-20)23-29-18-14-27-10-5-19(18)34-23/h5,10,14,28H,1-4,6-9,11-13,15H2,(H2,26,31). The summed E-state index contributed by atoms with van der Waals surface area (Å²) in [5.74, 6) is 0.0197. The lowest BCUT2D eigenvalue weighted by Gasteiger charge is -2.34. The molecular formula is C25H30N4O3S2. The highest BCUT2D eigenvalue weighted by atomic mass is 32.1. The van der Waals surface area contributed by atoms with E-state index in [9.17, 15) is 9.59 Å². The number of ketones is 1. The van der Waals surface area contributed by atoms with Crippen LogP contribution in [0.1, 0.15) is 53.8 Å². The van der Waals surface area contributed by atoms with Crippen LogP contribution in [0.25, 0.3) is 20.8 Å². The third kappa shape index (κ3) is 4.79. The minimum atomic E-state index is -0.462. The molecule has 3 aromatic rings. The van der Waals surface area contributed by atoms with Crippen molar-refractivity contribution in [3.63, 3.8) is 0 Å². The van der Waals surface area contributed by atoms with E-state index >= 15 is 0 Å². The molecule has 1 amide bonds. The summed E-state index contributed by atoms with van der Waals surface area (Å²) >= 11 is 3.43. The maximum absolute atomic E-state index is 13.0. The van der Waals surface area contributed by atoms with Gasteiger partial charge in [0.25, 0.3) is 0 Å². The van der Waals surface area contributed by atoms with E-state index in [0.29, 0.717) is 38.9 Å². The predicted molar refractivity (Wildman–Crippen MR) is 135 cm³/mol. The summed E-state index contributed by atoms with van der Waals surface area (Å²) in [4.78, 5) is 36.6. The molecule has 0 saturated carbocycles. The minimum absolute atomic E-state index is 0.226. The van der Waals surface area contributed by atoms with Gasteiger partial charge in [0.1, 0.15) is 16.3 Å². The van der Waals surface area contributed by atoms with Gasteiger partial charge in [0, 0.05) is 54.1 Å². The molecule has 0 radical (unpaired) electrons. The van der Waals surface area contributed by atoms with Gasteiger partial charge >= 0.3 is 0 Å². The third-order valence-electron chi connectivity index (χ3n) is 7.10. The summed E-state index contributed by atoms with van der Waals surface area (Å²) in [5, 5.41) is 4.44. The molecule has 9 heteroatoms. The first-order chi connectivity index (χ1) is 16.6. The lowest BCUT2D eigenvalue weighted by atomic mass is 9.75. The number of Topliss-reactive ketones (excluding diaryl/α,β-unsaturated/α-hetero) is 1. The molecule has 0 atom stereocenters. The Morgan fingerprint density at radius 1 is 1.21 bits per heavy atom. The first-order valence-corrected chi connectivity index (χ1v) is 13.6. The number of nitrogens with two attached hydrogens (primary N) is 1. The van der Waals surface area contributed by atoms with E-state index in [0.717, 1.165) is 58.9 Å². The van der Waals surface area contributed by atoms with Gasteiger partial charge in [-0.2, -0.15) is 0 Å². The van der Waals surface area contributed by atoms with Crippen LogP contribution in [0.3, 0.4) is 0 Å². The monoisotopic (exact) mass is 498 g/mol. The number of ether oxygens (including phenoxy) is 1. The van der Waals surface area contributed by atoms with Crippen LogP contribution in [-0.4, -0.2) is 41.4 Å². The van der Waals surface area contributed by atoms with E-state index in [1.165, 1.54) is 16.0 Å². The number of thiazole rings is 1. The van der Waals surface area contributed by atoms with E-state index in [-0.39, 0.29) is 11.7 Å². The van der Waals surface area contributed by atoms with Crippen molar-refractivity contribution >= 4 is 44.6 Å². The van der Waals surface area contributed by atoms with Crippen molar-refractivity contribution in [3.05, 3.63) is 33.8 Å². The molecule has 2 aliphatic heterocycles. The number of primary amides is 1. The Morgan fingerprint density at radius 2 is 2.06 bits per heavy atom. The quantitative estimate of drug-likeness (QED) is 0.432. The highest BCUT2D eigenvalue weighted by Crippen LogP contribution is 2.42. The number of nitrogens with one attached hydrogen (secondary N) is 1. The van der Waals surface area contributed by atoms with Crippen LogP contribution >= 0.6 is 22.7 Å². The average molecular weight is 499 g/mol. The van der Waals surface area contributed by atoms with Crippen molar-refractivity contribution in [2.24, 2.45) is 11.1 Å². The van der Waals surface area contributed by atoms with E-state index in [1.807, 2.05) is 6.07 Å². The smallest absolute Gasteiger partial charge is 0.223 e. The number of carbonyl (C=O) groups is 2. The Balaban J connectivity index is 1.27. The van der Waals surface area contributed by atoms with Crippen molar-refractivity contribution < 1.29 is 14.3 Å². The lowest BCUT2D eigenvalue weighted by molar-refractivity contribution is -0.133. The summed E-state index contributed by atoms with van der Waals surface area (Å²) in [7, 11) is 0. The maximum atomic E-state index is 13.0. The van der Waals surface area contributed by atoms with E-state index in [1.54, 1.807) is 35.1 Å². The molecule has 0 aromatic carbocycles. The fourth-order valence-corrected chi connectivity index (χ4v) is 7.54. The third-order valence-corrected chi connectivity index (χ3v) is 9.38. The van der Waals surface area contributed by atoms with Gasteiger partial charge in [0.05, 0.1) is 16.3 Å². The summed E-state index contributed by atoms with van der Waals surface area (Å²) in [6, 6.07) is 2.00. The van der Waals surface area contributed by atoms with Gasteiger partial charge in [-0.3, -0.25) is 14.6 Å². The molecule has 0 bridgehead atoms. The van der Waals surface area contributed by atoms with Gasteiger partial charge in [0.2, 0.25) is 5.91 Å². The topological polar surface area (TPSA) is 107 Å². The van der Waals surface area contributed by atoms with Crippen molar-refractivity contribution in [3.8, 4) is 10.6 Å². The summed E-state index contributed by atoms with van der Waals surface area (Å²) in [5.41, 5.74) is 8.69. The zero-order valence-corrected chi connectivity index (χ0v) is 20.9. The number of carbonyl (C=O) groups excluding carboxylic acids is 2.